The minimum Gasteiger partial charge on any atom is -0.325 e. The Kier molecular flexibility index (Phi) is 3.41. The van der Waals surface area contributed by atoms with Gasteiger partial charge >= 0.3 is 0 Å². The smallest absolute Gasteiger partial charge is 0.234 e. The van der Waals surface area contributed by atoms with Gasteiger partial charge in [0.1, 0.15) is 0 Å². The third kappa shape index (κ3) is 2.85. The van der Waals surface area contributed by atoms with Crippen LogP contribution in [0, 0.1) is 12.3 Å². The fourth-order valence-corrected chi connectivity index (χ4v) is 0.929. The van der Waals surface area contributed by atoms with Gasteiger partial charge in [-0.1, -0.05) is 5.92 Å². The van der Waals surface area contributed by atoms with E-state index in [1.807, 2.05) is 0 Å². The van der Waals surface area contributed by atoms with Crippen molar-refractivity contribution < 1.29 is 4.79 Å². The Labute approximate surface area is 82.8 Å². The molecular weight excluding hydrogens is 182 g/mol. The number of amides is 1. The zero-order chi connectivity index (χ0) is 9.68. The Morgan fingerprint density at radius 3 is 2.54 bits per heavy atom. The van der Waals surface area contributed by atoms with Gasteiger partial charge < -0.3 is 5.32 Å². The van der Waals surface area contributed by atoms with Crippen LogP contribution < -0.4 is 5.32 Å². The third-order valence-electron chi connectivity index (χ3n) is 1.48. The minimum atomic E-state index is -0.128. The SMILES string of the molecule is C#Cc1ccc(NC(=O)CS)cc1. The molecule has 0 aliphatic rings. The molecule has 1 aromatic rings. The normalized spacial score (nSPS) is 8.92. The highest BCUT2D eigenvalue weighted by molar-refractivity contribution is 7.81. The molecule has 0 heterocycles. The Morgan fingerprint density at radius 1 is 1.46 bits per heavy atom. The average Bonchev–Trinajstić information content (AvgIpc) is 2.19. The van der Waals surface area contributed by atoms with Crippen molar-refractivity contribution in [2.75, 3.05) is 11.1 Å². The largest absolute Gasteiger partial charge is 0.325 e. The Bertz CT molecular complexity index is 337. The molecule has 0 spiro atoms. The minimum absolute atomic E-state index is 0.128. The van der Waals surface area contributed by atoms with Crippen molar-refractivity contribution in [3.8, 4) is 12.3 Å². The molecule has 1 amide bonds. The van der Waals surface area contributed by atoms with E-state index in [1.54, 1.807) is 24.3 Å². The second-order valence-corrected chi connectivity index (χ2v) is 2.74. The van der Waals surface area contributed by atoms with E-state index in [0.29, 0.717) is 0 Å². The topological polar surface area (TPSA) is 29.1 Å². The molecule has 0 saturated carbocycles. The summed E-state index contributed by atoms with van der Waals surface area (Å²) < 4.78 is 0. The zero-order valence-electron chi connectivity index (χ0n) is 6.95. The molecule has 1 aromatic carbocycles. The molecule has 3 heteroatoms. The van der Waals surface area contributed by atoms with E-state index < -0.39 is 0 Å². The van der Waals surface area contributed by atoms with Crippen LogP contribution in [-0.4, -0.2) is 11.7 Å². The van der Waals surface area contributed by atoms with Gasteiger partial charge in [0, 0.05) is 11.3 Å². The number of rotatable bonds is 2. The first-order valence-electron chi connectivity index (χ1n) is 3.73. The van der Waals surface area contributed by atoms with Crippen LogP contribution in [0.3, 0.4) is 0 Å². The molecule has 0 atom stereocenters. The van der Waals surface area contributed by atoms with Crippen molar-refractivity contribution >= 4 is 24.2 Å². The first-order valence-corrected chi connectivity index (χ1v) is 4.37. The lowest BCUT2D eigenvalue weighted by molar-refractivity contribution is -0.113. The van der Waals surface area contributed by atoms with Crippen molar-refractivity contribution in [1.29, 1.82) is 0 Å². The number of hydrogen-bond acceptors (Lipinski definition) is 2. The molecule has 0 aliphatic carbocycles. The van der Waals surface area contributed by atoms with Crippen molar-refractivity contribution in [3.05, 3.63) is 29.8 Å². The fourth-order valence-electron chi connectivity index (χ4n) is 0.850. The Hall–Kier alpha value is -1.40. The van der Waals surface area contributed by atoms with Gasteiger partial charge in [0.2, 0.25) is 5.91 Å². The highest BCUT2D eigenvalue weighted by atomic mass is 32.1. The number of hydrogen-bond donors (Lipinski definition) is 2. The van der Waals surface area contributed by atoms with E-state index in [4.69, 9.17) is 6.42 Å². The monoisotopic (exact) mass is 191 g/mol. The zero-order valence-corrected chi connectivity index (χ0v) is 7.84. The van der Waals surface area contributed by atoms with Gasteiger partial charge in [0.05, 0.1) is 5.75 Å². The molecule has 0 aliphatic heterocycles. The molecule has 0 saturated heterocycles. The number of nitrogens with one attached hydrogen (secondary N) is 1. The van der Waals surface area contributed by atoms with Crippen LogP contribution in [0.25, 0.3) is 0 Å². The van der Waals surface area contributed by atoms with Crippen molar-refractivity contribution in [3.63, 3.8) is 0 Å². The summed E-state index contributed by atoms with van der Waals surface area (Å²) in [6, 6.07) is 7.06. The first kappa shape index (κ1) is 9.69. The van der Waals surface area contributed by atoms with E-state index >= 15 is 0 Å². The number of thiol groups is 1. The van der Waals surface area contributed by atoms with E-state index in [9.17, 15) is 4.79 Å². The van der Waals surface area contributed by atoms with Crippen molar-refractivity contribution in [2.24, 2.45) is 0 Å². The van der Waals surface area contributed by atoms with E-state index in [-0.39, 0.29) is 11.7 Å². The number of carbonyl (C=O) groups is 1. The summed E-state index contributed by atoms with van der Waals surface area (Å²) >= 11 is 3.84. The maximum Gasteiger partial charge on any atom is 0.234 e. The predicted octanol–water partition coefficient (Wildman–Crippen LogP) is 1.54. The van der Waals surface area contributed by atoms with Crippen LogP contribution in [0.5, 0.6) is 0 Å². The Balaban J connectivity index is 2.71. The fraction of sp³-hybridized carbons (Fsp3) is 0.100. The highest BCUT2D eigenvalue weighted by Gasteiger charge is 1.97. The number of anilines is 1. The van der Waals surface area contributed by atoms with E-state index in [2.05, 4.69) is 23.9 Å². The van der Waals surface area contributed by atoms with Crippen LogP contribution in [0.2, 0.25) is 0 Å². The van der Waals surface area contributed by atoms with Crippen LogP contribution in [0.1, 0.15) is 5.56 Å². The summed E-state index contributed by atoms with van der Waals surface area (Å²) in [6.07, 6.45) is 5.18. The van der Waals surface area contributed by atoms with Gasteiger partial charge in [0.25, 0.3) is 0 Å². The first-order chi connectivity index (χ1) is 6.26. The van der Waals surface area contributed by atoms with E-state index in [1.165, 1.54) is 0 Å². The van der Waals surface area contributed by atoms with Crippen LogP contribution in [0.4, 0.5) is 5.69 Å². The Morgan fingerprint density at radius 2 is 2.08 bits per heavy atom. The summed E-state index contributed by atoms with van der Waals surface area (Å²) in [5, 5.41) is 2.66. The summed E-state index contributed by atoms with van der Waals surface area (Å²) in [6.45, 7) is 0. The van der Waals surface area contributed by atoms with Gasteiger partial charge in [-0.15, -0.1) is 6.42 Å². The number of benzene rings is 1. The van der Waals surface area contributed by atoms with Gasteiger partial charge in [-0.05, 0) is 24.3 Å². The second kappa shape index (κ2) is 4.58. The van der Waals surface area contributed by atoms with Gasteiger partial charge in [-0.3, -0.25) is 4.79 Å². The summed E-state index contributed by atoms with van der Waals surface area (Å²) in [5.41, 5.74) is 1.53. The molecule has 2 nitrogen and oxygen atoms in total. The summed E-state index contributed by atoms with van der Waals surface area (Å²) in [7, 11) is 0. The molecule has 0 unspecified atom stereocenters. The molecule has 0 fully saturated rings. The summed E-state index contributed by atoms with van der Waals surface area (Å²) in [4.78, 5) is 10.9. The number of terminal acetylenes is 1. The maximum absolute atomic E-state index is 10.9. The number of carbonyl (C=O) groups excluding carboxylic acids is 1. The molecule has 0 bridgehead atoms. The molecule has 1 rings (SSSR count). The molecular formula is C10H9NOS. The van der Waals surface area contributed by atoms with E-state index in [0.717, 1.165) is 11.3 Å². The second-order valence-electron chi connectivity index (χ2n) is 2.43. The lowest BCUT2D eigenvalue weighted by Crippen LogP contribution is -2.12. The third-order valence-corrected chi connectivity index (χ3v) is 1.77. The molecule has 0 aromatic heterocycles. The van der Waals surface area contributed by atoms with Gasteiger partial charge in [0.15, 0.2) is 0 Å². The lowest BCUT2D eigenvalue weighted by atomic mass is 10.2. The standard InChI is InChI=1S/C10H9NOS/c1-2-8-3-5-9(6-4-8)11-10(12)7-13/h1,3-6,13H,7H2,(H,11,12). The van der Waals surface area contributed by atoms with Gasteiger partial charge in [-0.2, -0.15) is 12.6 Å². The van der Waals surface area contributed by atoms with Gasteiger partial charge in [-0.25, -0.2) is 0 Å². The summed E-state index contributed by atoms with van der Waals surface area (Å²) in [5.74, 6) is 2.54. The van der Waals surface area contributed by atoms with Crippen LogP contribution in [0.15, 0.2) is 24.3 Å². The maximum atomic E-state index is 10.9. The van der Waals surface area contributed by atoms with Crippen LogP contribution >= 0.6 is 12.6 Å². The van der Waals surface area contributed by atoms with Crippen LogP contribution in [-0.2, 0) is 4.79 Å². The predicted molar refractivity (Wildman–Crippen MR) is 56.9 cm³/mol. The average molecular weight is 191 g/mol. The molecule has 1 N–H and O–H groups in total. The molecule has 66 valence electrons. The lowest BCUT2D eigenvalue weighted by Gasteiger charge is -2.02. The molecule has 13 heavy (non-hydrogen) atoms. The van der Waals surface area contributed by atoms with Crippen molar-refractivity contribution in [2.45, 2.75) is 0 Å². The quantitative estimate of drug-likeness (QED) is 0.539. The van der Waals surface area contributed by atoms with Crippen molar-refractivity contribution in [1.82, 2.24) is 0 Å². The molecule has 0 radical (unpaired) electrons. The highest BCUT2D eigenvalue weighted by Crippen LogP contribution is 2.08.